The molecule has 0 saturated heterocycles. The molecule has 34 heavy (non-hydrogen) atoms. The third-order valence-corrected chi connectivity index (χ3v) is 5.58. The average Bonchev–Trinajstić information content (AvgIpc) is 3.28. The topological polar surface area (TPSA) is 72.6 Å². The minimum Gasteiger partial charge on any atom is -0.478 e. The quantitative estimate of drug-likeness (QED) is 0.283. The van der Waals surface area contributed by atoms with Crippen LogP contribution in [-0.2, 0) is 4.79 Å². The fourth-order valence-corrected chi connectivity index (χ4v) is 3.76. The molecule has 0 aliphatic carbocycles. The molecule has 4 aromatic carbocycles. The van der Waals surface area contributed by atoms with Gasteiger partial charge in [0.25, 0.3) is 0 Å². The van der Waals surface area contributed by atoms with Crippen molar-refractivity contribution >= 4 is 28.7 Å². The van der Waals surface area contributed by atoms with Gasteiger partial charge >= 0.3 is 5.97 Å². The number of aromatic nitrogens is 1. The number of carboxylic acid groups (broad SMARTS) is 1. The van der Waals surface area contributed by atoms with Gasteiger partial charge in [-0.1, -0.05) is 54.1 Å². The summed E-state index contributed by atoms with van der Waals surface area (Å²) in [5.74, 6) is -0.941. The van der Waals surface area contributed by atoms with Crippen molar-refractivity contribution < 1.29 is 23.4 Å². The van der Waals surface area contributed by atoms with E-state index in [-0.39, 0.29) is 17.5 Å². The summed E-state index contributed by atoms with van der Waals surface area (Å²) in [7, 11) is 0. The largest absolute Gasteiger partial charge is 0.478 e. The molecule has 0 aliphatic heterocycles. The molecular formula is C27H17ClFNO4. The van der Waals surface area contributed by atoms with Crippen LogP contribution in [0.4, 0.5) is 4.39 Å². The maximum Gasteiger partial charge on any atom is 0.349 e. The molecule has 5 nitrogen and oxygen atoms in total. The first-order valence-corrected chi connectivity index (χ1v) is 10.8. The molecule has 0 fully saturated rings. The number of hydrogen-bond acceptors (Lipinski definition) is 4. The Balaban J connectivity index is 1.62. The number of rotatable bonds is 6. The van der Waals surface area contributed by atoms with Crippen LogP contribution in [0.2, 0.25) is 5.02 Å². The zero-order valence-corrected chi connectivity index (χ0v) is 18.4. The van der Waals surface area contributed by atoms with Gasteiger partial charge in [-0.3, -0.25) is 0 Å². The molecule has 0 aliphatic rings. The van der Waals surface area contributed by atoms with Crippen molar-refractivity contribution in [3.05, 3.63) is 107 Å². The highest BCUT2D eigenvalue weighted by atomic mass is 35.5. The predicted molar refractivity (Wildman–Crippen MR) is 127 cm³/mol. The Bertz CT molecular complexity index is 1450. The number of fused-ring (bicyclic) bond motifs is 1. The molecule has 1 aromatic heterocycles. The molecule has 168 valence electrons. The summed E-state index contributed by atoms with van der Waals surface area (Å²) in [6.45, 7) is 0. The van der Waals surface area contributed by atoms with Gasteiger partial charge in [-0.2, -0.15) is 0 Å². The summed E-state index contributed by atoms with van der Waals surface area (Å²) in [4.78, 5) is 16.6. The van der Waals surface area contributed by atoms with Gasteiger partial charge in [0.15, 0.2) is 5.58 Å². The van der Waals surface area contributed by atoms with Gasteiger partial charge in [0.1, 0.15) is 17.1 Å². The van der Waals surface area contributed by atoms with E-state index >= 15 is 0 Å². The lowest BCUT2D eigenvalue weighted by Crippen LogP contribution is -2.18. The third-order valence-electron chi connectivity index (χ3n) is 5.32. The molecule has 0 bridgehead atoms. The van der Waals surface area contributed by atoms with Crippen LogP contribution in [-0.4, -0.2) is 16.1 Å². The molecule has 1 heterocycles. The molecule has 5 rings (SSSR count). The highest BCUT2D eigenvalue weighted by Gasteiger charge is 2.25. The van der Waals surface area contributed by atoms with E-state index in [1.54, 1.807) is 60.7 Å². The number of carbonyl (C=O) groups is 1. The summed E-state index contributed by atoms with van der Waals surface area (Å²) < 4.78 is 25.4. The van der Waals surface area contributed by atoms with Gasteiger partial charge < -0.3 is 14.3 Å². The molecule has 0 saturated carbocycles. The smallest absolute Gasteiger partial charge is 0.349 e. The zero-order valence-electron chi connectivity index (χ0n) is 17.6. The van der Waals surface area contributed by atoms with Crippen molar-refractivity contribution in [2.75, 3.05) is 0 Å². The average molecular weight is 474 g/mol. The number of carboxylic acids is 1. The number of nitrogens with zero attached hydrogens (tertiary/aromatic N) is 1. The van der Waals surface area contributed by atoms with Gasteiger partial charge in [-0.25, -0.2) is 14.2 Å². The number of aliphatic carboxylic acids is 1. The van der Waals surface area contributed by atoms with Gasteiger partial charge in [-0.15, -0.1) is 0 Å². The van der Waals surface area contributed by atoms with Crippen LogP contribution in [0.1, 0.15) is 11.7 Å². The van der Waals surface area contributed by atoms with Crippen LogP contribution in [0.25, 0.3) is 33.7 Å². The van der Waals surface area contributed by atoms with Gasteiger partial charge in [0.05, 0.1) is 5.56 Å². The van der Waals surface area contributed by atoms with E-state index in [9.17, 15) is 14.3 Å². The number of hydrogen-bond donors (Lipinski definition) is 1. The summed E-state index contributed by atoms with van der Waals surface area (Å²) >= 11 is 5.95. The van der Waals surface area contributed by atoms with E-state index in [1.165, 1.54) is 12.1 Å². The van der Waals surface area contributed by atoms with Crippen LogP contribution in [0.15, 0.2) is 95.4 Å². The van der Waals surface area contributed by atoms with Crippen LogP contribution >= 0.6 is 11.6 Å². The van der Waals surface area contributed by atoms with E-state index < -0.39 is 12.1 Å². The second kappa shape index (κ2) is 9.00. The lowest BCUT2D eigenvalue weighted by Gasteiger charge is -2.18. The highest BCUT2D eigenvalue weighted by molar-refractivity contribution is 6.30. The number of benzene rings is 4. The Labute approximate surface area is 199 Å². The molecule has 0 spiro atoms. The minimum absolute atomic E-state index is 0.278. The van der Waals surface area contributed by atoms with Crippen LogP contribution in [0.5, 0.6) is 5.75 Å². The minimum atomic E-state index is -1.28. The zero-order chi connectivity index (χ0) is 23.7. The monoisotopic (exact) mass is 473 g/mol. The van der Waals surface area contributed by atoms with Crippen molar-refractivity contribution in [2.45, 2.75) is 6.10 Å². The van der Waals surface area contributed by atoms with Gasteiger partial charge in [-0.05, 0) is 59.7 Å². The molecule has 1 atom stereocenters. The number of halogens is 2. The highest BCUT2D eigenvalue weighted by Crippen LogP contribution is 2.38. The predicted octanol–water partition coefficient (Wildman–Crippen LogP) is 7.16. The Kier molecular flexibility index (Phi) is 5.74. The van der Waals surface area contributed by atoms with E-state index in [0.717, 1.165) is 11.1 Å². The summed E-state index contributed by atoms with van der Waals surface area (Å²) in [5, 5.41) is 10.3. The van der Waals surface area contributed by atoms with Crippen LogP contribution < -0.4 is 4.74 Å². The SMILES string of the molecule is O=C(O)C(Oc1ccc(-c2ccc(F)cc2)cc1-c1nc2ccccc2o1)c1ccc(Cl)cc1. The van der Waals surface area contributed by atoms with Crippen LogP contribution in [0.3, 0.4) is 0 Å². The molecule has 0 radical (unpaired) electrons. The van der Waals surface area contributed by atoms with Crippen molar-refractivity contribution in [3.8, 4) is 28.3 Å². The summed E-state index contributed by atoms with van der Waals surface area (Å²) in [6.07, 6.45) is -1.28. The van der Waals surface area contributed by atoms with Gasteiger partial charge in [0.2, 0.25) is 12.0 Å². The van der Waals surface area contributed by atoms with Crippen molar-refractivity contribution in [1.82, 2.24) is 4.98 Å². The summed E-state index contributed by atoms with van der Waals surface area (Å²) in [6, 6.07) is 25.0. The first-order chi connectivity index (χ1) is 16.5. The fourth-order valence-electron chi connectivity index (χ4n) is 3.63. The van der Waals surface area contributed by atoms with Crippen molar-refractivity contribution in [2.24, 2.45) is 0 Å². The number of para-hydroxylation sites is 2. The van der Waals surface area contributed by atoms with Crippen molar-refractivity contribution in [3.63, 3.8) is 0 Å². The second-order valence-electron chi connectivity index (χ2n) is 7.59. The summed E-state index contributed by atoms with van der Waals surface area (Å²) in [5.41, 5.74) is 3.69. The number of ether oxygens (including phenoxy) is 1. The van der Waals surface area contributed by atoms with Gasteiger partial charge in [0, 0.05) is 10.6 Å². The van der Waals surface area contributed by atoms with E-state index in [0.29, 0.717) is 27.2 Å². The van der Waals surface area contributed by atoms with E-state index in [2.05, 4.69) is 4.98 Å². The maximum atomic E-state index is 13.4. The second-order valence-corrected chi connectivity index (χ2v) is 8.03. The first-order valence-electron chi connectivity index (χ1n) is 10.4. The first kappa shape index (κ1) is 21.7. The Morgan fingerprint density at radius 3 is 2.35 bits per heavy atom. The normalized spacial score (nSPS) is 11.9. The van der Waals surface area contributed by atoms with Crippen LogP contribution in [0, 0.1) is 5.82 Å². The fraction of sp³-hybridized carbons (Fsp3) is 0.0370. The van der Waals surface area contributed by atoms with E-state index in [4.69, 9.17) is 20.8 Å². The third kappa shape index (κ3) is 4.36. The molecule has 1 unspecified atom stereocenters. The molecule has 5 aromatic rings. The van der Waals surface area contributed by atoms with Crippen molar-refractivity contribution in [1.29, 1.82) is 0 Å². The Morgan fingerprint density at radius 2 is 1.65 bits per heavy atom. The Hall–Kier alpha value is -4.16. The lowest BCUT2D eigenvalue weighted by molar-refractivity contribution is -0.145. The number of oxazole rings is 1. The maximum absolute atomic E-state index is 13.4. The molecule has 0 amide bonds. The molecule has 7 heteroatoms. The lowest BCUT2D eigenvalue weighted by atomic mass is 10.0. The molecule has 1 N–H and O–H groups in total. The van der Waals surface area contributed by atoms with E-state index in [1.807, 2.05) is 18.2 Å². The molecular weight excluding hydrogens is 457 g/mol. The Morgan fingerprint density at radius 1 is 0.941 bits per heavy atom. The standard InChI is InChI=1S/C27H17ClFNO4/c28-19-10-5-17(6-11-19)25(27(31)32)33-23-14-9-18(16-7-12-20(29)13-8-16)15-21(23)26-30-22-3-1-2-4-24(22)34-26/h1-15,25H,(H,31,32).